The van der Waals surface area contributed by atoms with Crippen LogP contribution >= 0.6 is 0 Å². The minimum atomic E-state index is -0.114. The molecular formula is C22H27N5O2. The van der Waals surface area contributed by atoms with Gasteiger partial charge in [0, 0.05) is 38.3 Å². The molecule has 2 aromatic heterocycles. The maximum absolute atomic E-state index is 13.0. The number of hydrogen-bond donors (Lipinski definition) is 2. The van der Waals surface area contributed by atoms with Gasteiger partial charge in [0.05, 0.1) is 22.3 Å². The third kappa shape index (κ3) is 4.46. The lowest BCUT2D eigenvalue weighted by Crippen LogP contribution is -2.44. The van der Waals surface area contributed by atoms with Gasteiger partial charge in [0.2, 0.25) is 0 Å². The van der Waals surface area contributed by atoms with Crippen molar-refractivity contribution < 1.29 is 9.32 Å². The number of benzene rings is 1. The standard InChI is InChI=1S/C22H27N5O2/c1-15-4-6-17(7-5-15)19-14-18(20-16(2)26-29-22(20)25-19)21(28)24-8-3-11-27-12-9-23-10-13-27/h4-7,14,23H,3,8-13H2,1-2H3,(H,24,28). The first kappa shape index (κ1) is 19.5. The van der Waals surface area contributed by atoms with Crippen LogP contribution in [0.15, 0.2) is 34.9 Å². The summed E-state index contributed by atoms with van der Waals surface area (Å²) in [6.07, 6.45) is 0.924. The summed E-state index contributed by atoms with van der Waals surface area (Å²) in [6.45, 7) is 9.72. The zero-order valence-corrected chi connectivity index (χ0v) is 17.0. The fourth-order valence-corrected chi connectivity index (χ4v) is 3.68. The monoisotopic (exact) mass is 393 g/mol. The Morgan fingerprint density at radius 1 is 1.21 bits per heavy atom. The minimum Gasteiger partial charge on any atom is -0.352 e. The van der Waals surface area contributed by atoms with E-state index in [1.54, 1.807) is 0 Å². The van der Waals surface area contributed by atoms with Crippen molar-refractivity contribution in [1.82, 2.24) is 25.7 Å². The molecule has 0 radical (unpaired) electrons. The smallest absolute Gasteiger partial charge is 0.259 e. The summed E-state index contributed by atoms with van der Waals surface area (Å²) in [7, 11) is 0. The van der Waals surface area contributed by atoms with Gasteiger partial charge < -0.3 is 20.1 Å². The zero-order chi connectivity index (χ0) is 20.2. The lowest BCUT2D eigenvalue weighted by Gasteiger charge is -2.27. The van der Waals surface area contributed by atoms with Crippen LogP contribution in [0.4, 0.5) is 0 Å². The number of nitrogens with one attached hydrogen (secondary N) is 2. The Kier molecular flexibility index (Phi) is 5.87. The number of rotatable bonds is 6. The lowest BCUT2D eigenvalue weighted by atomic mass is 10.0. The molecule has 2 N–H and O–H groups in total. The predicted molar refractivity (Wildman–Crippen MR) is 113 cm³/mol. The van der Waals surface area contributed by atoms with Crippen molar-refractivity contribution in [2.75, 3.05) is 39.3 Å². The summed E-state index contributed by atoms with van der Waals surface area (Å²) < 4.78 is 5.38. The fraction of sp³-hybridized carbons (Fsp3) is 0.409. The molecular weight excluding hydrogens is 366 g/mol. The molecule has 1 fully saturated rings. The fourth-order valence-electron chi connectivity index (χ4n) is 3.68. The number of carbonyl (C=O) groups is 1. The van der Waals surface area contributed by atoms with Crippen LogP contribution in [-0.4, -0.2) is 60.2 Å². The first-order chi connectivity index (χ1) is 14.1. The van der Waals surface area contributed by atoms with Gasteiger partial charge >= 0.3 is 0 Å². The van der Waals surface area contributed by atoms with Crippen LogP contribution in [-0.2, 0) is 0 Å². The van der Waals surface area contributed by atoms with Crippen molar-refractivity contribution in [3.63, 3.8) is 0 Å². The highest BCUT2D eigenvalue weighted by Crippen LogP contribution is 2.27. The van der Waals surface area contributed by atoms with E-state index < -0.39 is 0 Å². The molecule has 152 valence electrons. The summed E-state index contributed by atoms with van der Waals surface area (Å²) in [4.78, 5) is 20.0. The van der Waals surface area contributed by atoms with Crippen LogP contribution in [0.25, 0.3) is 22.4 Å². The van der Waals surface area contributed by atoms with Crippen LogP contribution in [0, 0.1) is 13.8 Å². The van der Waals surface area contributed by atoms with Gasteiger partial charge in [-0.25, -0.2) is 4.98 Å². The molecule has 4 rings (SSSR count). The van der Waals surface area contributed by atoms with Crippen molar-refractivity contribution in [3.05, 3.63) is 47.2 Å². The maximum Gasteiger partial charge on any atom is 0.259 e. The molecule has 3 aromatic rings. The quantitative estimate of drug-likeness (QED) is 0.626. The second kappa shape index (κ2) is 8.71. The number of fused-ring (bicyclic) bond motifs is 1. The molecule has 0 spiro atoms. The SMILES string of the molecule is Cc1ccc(-c2cc(C(=O)NCCCN3CCNCC3)c3c(C)noc3n2)cc1. The minimum absolute atomic E-state index is 0.114. The molecule has 1 aromatic carbocycles. The number of carbonyl (C=O) groups excluding carboxylic acids is 1. The van der Waals surface area contributed by atoms with E-state index >= 15 is 0 Å². The highest BCUT2D eigenvalue weighted by atomic mass is 16.5. The maximum atomic E-state index is 13.0. The van der Waals surface area contributed by atoms with Crippen LogP contribution in [0.2, 0.25) is 0 Å². The van der Waals surface area contributed by atoms with E-state index in [1.807, 2.05) is 44.2 Å². The Morgan fingerprint density at radius 3 is 2.72 bits per heavy atom. The highest BCUT2D eigenvalue weighted by molar-refractivity contribution is 6.06. The number of hydrogen-bond acceptors (Lipinski definition) is 6. The molecule has 29 heavy (non-hydrogen) atoms. The van der Waals surface area contributed by atoms with Gasteiger partial charge in [-0.05, 0) is 32.9 Å². The average Bonchev–Trinajstić information content (AvgIpc) is 3.12. The Balaban J connectivity index is 1.51. The van der Waals surface area contributed by atoms with E-state index in [9.17, 15) is 4.79 Å². The highest BCUT2D eigenvalue weighted by Gasteiger charge is 2.19. The molecule has 0 unspecified atom stereocenters. The van der Waals surface area contributed by atoms with E-state index in [2.05, 4.69) is 25.7 Å². The zero-order valence-electron chi connectivity index (χ0n) is 17.0. The first-order valence-electron chi connectivity index (χ1n) is 10.2. The van der Waals surface area contributed by atoms with E-state index in [1.165, 1.54) is 5.56 Å². The van der Waals surface area contributed by atoms with Crippen molar-refractivity contribution in [2.45, 2.75) is 20.3 Å². The van der Waals surface area contributed by atoms with Gasteiger partial charge in [-0.1, -0.05) is 35.0 Å². The summed E-state index contributed by atoms with van der Waals surface area (Å²) in [5.41, 5.74) is 4.46. The molecule has 0 saturated carbocycles. The predicted octanol–water partition coefficient (Wildman–Crippen LogP) is 2.53. The van der Waals surface area contributed by atoms with Crippen LogP contribution in [0.3, 0.4) is 0 Å². The van der Waals surface area contributed by atoms with Crippen LogP contribution < -0.4 is 10.6 Å². The van der Waals surface area contributed by atoms with Crippen LogP contribution in [0.5, 0.6) is 0 Å². The van der Waals surface area contributed by atoms with E-state index in [0.717, 1.165) is 44.7 Å². The first-order valence-corrected chi connectivity index (χ1v) is 10.2. The summed E-state index contributed by atoms with van der Waals surface area (Å²) >= 11 is 0. The second-order valence-electron chi connectivity index (χ2n) is 7.57. The van der Waals surface area contributed by atoms with Crippen LogP contribution in [0.1, 0.15) is 28.0 Å². The molecule has 1 amide bonds. The molecule has 7 heteroatoms. The normalized spacial score (nSPS) is 15.0. The van der Waals surface area contributed by atoms with Crippen molar-refractivity contribution >= 4 is 17.0 Å². The molecule has 0 aliphatic carbocycles. The molecule has 1 saturated heterocycles. The number of aromatic nitrogens is 2. The Bertz CT molecular complexity index is 990. The Morgan fingerprint density at radius 2 is 1.97 bits per heavy atom. The third-order valence-electron chi connectivity index (χ3n) is 5.36. The number of piperazine rings is 1. The number of amides is 1. The van der Waals surface area contributed by atoms with Gasteiger partial charge in [0.25, 0.3) is 11.6 Å². The van der Waals surface area contributed by atoms with Crippen molar-refractivity contribution in [1.29, 1.82) is 0 Å². The van der Waals surface area contributed by atoms with Gasteiger partial charge in [0.15, 0.2) is 0 Å². The number of nitrogens with zero attached hydrogens (tertiary/aromatic N) is 3. The largest absolute Gasteiger partial charge is 0.352 e. The van der Waals surface area contributed by atoms with Crippen molar-refractivity contribution in [2.24, 2.45) is 0 Å². The van der Waals surface area contributed by atoms with E-state index in [0.29, 0.717) is 34.6 Å². The van der Waals surface area contributed by atoms with E-state index in [4.69, 9.17) is 4.52 Å². The molecule has 3 heterocycles. The average molecular weight is 393 g/mol. The molecule has 0 atom stereocenters. The molecule has 7 nitrogen and oxygen atoms in total. The summed E-state index contributed by atoms with van der Waals surface area (Å²) in [5.74, 6) is -0.114. The summed E-state index contributed by atoms with van der Waals surface area (Å²) in [5, 5.41) is 11.1. The Hall–Kier alpha value is -2.77. The molecule has 0 bridgehead atoms. The lowest BCUT2D eigenvalue weighted by molar-refractivity contribution is 0.0953. The second-order valence-corrected chi connectivity index (χ2v) is 7.57. The molecule has 1 aliphatic heterocycles. The Labute approximate surface area is 170 Å². The van der Waals surface area contributed by atoms with Gasteiger partial charge in [-0.2, -0.15) is 0 Å². The van der Waals surface area contributed by atoms with Gasteiger partial charge in [0.1, 0.15) is 0 Å². The van der Waals surface area contributed by atoms with E-state index in [-0.39, 0.29) is 5.91 Å². The van der Waals surface area contributed by atoms with Crippen molar-refractivity contribution in [3.8, 4) is 11.3 Å². The summed E-state index contributed by atoms with van der Waals surface area (Å²) in [6, 6.07) is 9.90. The van der Waals surface area contributed by atoms with Gasteiger partial charge in [-0.3, -0.25) is 4.79 Å². The number of pyridine rings is 1. The number of aryl methyl sites for hydroxylation is 2. The molecule has 1 aliphatic rings. The van der Waals surface area contributed by atoms with Gasteiger partial charge in [-0.15, -0.1) is 0 Å². The third-order valence-corrected chi connectivity index (χ3v) is 5.36. The topological polar surface area (TPSA) is 83.3 Å².